The molecule has 1 rings (SSSR count). The Balaban J connectivity index is 3.07. The van der Waals surface area contributed by atoms with Gasteiger partial charge in [-0.15, -0.1) is 0 Å². The molecule has 0 fully saturated rings. The minimum absolute atomic E-state index is 0.0121. The fraction of sp³-hybridized carbons (Fsp3) is 0.500. The maximum atomic E-state index is 9.57. The maximum Gasteiger partial charge on any atom is 0.120 e. The quantitative estimate of drug-likeness (QED) is 0.497. The number of rotatable bonds is 0. The van der Waals surface area contributed by atoms with Crippen LogP contribution < -0.4 is 0 Å². The Morgan fingerprint density at radius 1 is 1.45 bits per heavy atom. The molecular formula is C8H12O3. The topological polar surface area (TPSA) is 60.7 Å². The summed E-state index contributed by atoms with van der Waals surface area (Å²) in [6, 6.07) is 0. The first-order valence-corrected chi connectivity index (χ1v) is 3.46. The summed E-state index contributed by atoms with van der Waals surface area (Å²) in [5, 5.41) is 27.8. The molecule has 0 radical (unpaired) electrons. The van der Waals surface area contributed by atoms with Crippen LogP contribution in [0.25, 0.3) is 0 Å². The molecule has 3 nitrogen and oxygen atoms in total. The highest BCUT2D eigenvalue weighted by Gasteiger charge is 2.30. The van der Waals surface area contributed by atoms with Crippen LogP contribution in [0.15, 0.2) is 23.2 Å². The van der Waals surface area contributed by atoms with E-state index in [-0.39, 0.29) is 17.9 Å². The predicted octanol–water partition coefficient (Wildman–Crippen LogP) is 1.42. The largest absolute Gasteiger partial charge is 0.512 e. The Morgan fingerprint density at radius 3 is 2.45 bits per heavy atom. The molecular weight excluding hydrogens is 144 g/mol. The molecule has 11 heavy (non-hydrogen) atoms. The van der Waals surface area contributed by atoms with E-state index in [0.29, 0.717) is 5.57 Å². The van der Waals surface area contributed by atoms with E-state index in [1.807, 2.05) is 0 Å². The van der Waals surface area contributed by atoms with E-state index < -0.39 is 5.60 Å². The third-order valence-corrected chi connectivity index (χ3v) is 2.02. The van der Waals surface area contributed by atoms with Crippen molar-refractivity contribution < 1.29 is 15.3 Å². The van der Waals surface area contributed by atoms with Crippen molar-refractivity contribution in [2.24, 2.45) is 0 Å². The summed E-state index contributed by atoms with van der Waals surface area (Å²) in [5.41, 5.74) is -0.613. The molecule has 3 N–H and O–H groups in total. The lowest BCUT2D eigenvalue weighted by Gasteiger charge is -2.27. The van der Waals surface area contributed by atoms with Crippen molar-refractivity contribution in [3.63, 3.8) is 0 Å². The summed E-state index contributed by atoms with van der Waals surface area (Å²) < 4.78 is 0. The second-order valence-corrected chi connectivity index (χ2v) is 3.10. The van der Waals surface area contributed by atoms with Crippen molar-refractivity contribution in [3.05, 3.63) is 23.2 Å². The first-order chi connectivity index (χ1) is 4.93. The Bertz CT molecular complexity index is 236. The van der Waals surface area contributed by atoms with Crippen LogP contribution in [0.3, 0.4) is 0 Å². The molecule has 0 amide bonds. The number of hydrogen-bond donors (Lipinski definition) is 3. The van der Waals surface area contributed by atoms with Crippen LogP contribution in [0.1, 0.15) is 20.3 Å². The monoisotopic (exact) mass is 156 g/mol. The molecule has 0 heterocycles. The fourth-order valence-corrected chi connectivity index (χ4v) is 1.08. The van der Waals surface area contributed by atoms with Gasteiger partial charge in [0, 0.05) is 18.1 Å². The van der Waals surface area contributed by atoms with Gasteiger partial charge in [0.15, 0.2) is 0 Å². The van der Waals surface area contributed by atoms with Crippen molar-refractivity contribution in [1.29, 1.82) is 0 Å². The molecule has 3 heteroatoms. The van der Waals surface area contributed by atoms with Gasteiger partial charge in [0.25, 0.3) is 0 Å². The highest BCUT2D eigenvalue weighted by molar-refractivity contribution is 5.31. The summed E-state index contributed by atoms with van der Waals surface area (Å²) in [6.07, 6.45) is 1.43. The van der Waals surface area contributed by atoms with Crippen molar-refractivity contribution in [2.75, 3.05) is 0 Å². The first kappa shape index (κ1) is 8.14. The van der Waals surface area contributed by atoms with Gasteiger partial charge < -0.3 is 15.3 Å². The molecule has 0 aromatic rings. The number of aliphatic hydroxyl groups excluding tert-OH is 2. The smallest absolute Gasteiger partial charge is 0.120 e. The van der Waals surface area contributed by atoms with Crippen LogP contribution in [0.2, 0.25) is 0 Å². The molecule has 62 valence electrons. The van der Waals surface area contributed by atoms with Gasteiger partial charge in [0.05, 0.1) is 11.4 Å². The van der Waals surface area contributed by atoms with E-state index in [4.69, 9.17) is 10.2 Å². The molecule has 0 bridgehead atoms. The van der Waals surface area contributed by atoms with Crippen LogP contribution >= 0.6 is 0 Å². The Hall–Kier alpha value is -0.960. The lowest BCUT2D eigenvalue weighted by Crippen LogP contribution is -2.29. The van der Waals surface area contributed by atoms with Gasteiger partial charge in [-0.25, -0.2) is 0 Å². The second-order valence-electron chi connectivity index (χ2n) is 3.10. The molecule has 0 saturated heterocycles. The van der Waals surface area contributed by atoms with Gasteiger partial charge in [-0.05, 0) is 13.8 Å². The van der Waals surface area contributed by atoms with Crippen LogP contribution in [-0.2, 0) is 0 Å². The maximum absolute atomic E-state index is 9.57. The number of aliphatic hydroxyl groups is 3. The second kappa shape index (κ2) is 2.27. The highest BCUT2D eigenvalue weighted by Crippen LogP contribution is 2.30. The molecule has 1 atom stereocenters. The van der Waals surface area contributed by atoms with Gasteiger partial charge in [0.1, 0.15) is 5.76 Å². The number of hydrogen-bond acceptors (Lipinski definition) is 3. The SMILES string of the molecule is CC1=C(O)C=C(O)CC1(C)O. The Labute approximate surface area is 65.3 Å². The van der Waals surface area contributed by atoms with Crippen molar-refractivity contribution in [1.82, 2.24) is 0 Å². The minimum Gasteiger partial charge on any atom is -0.512 e. The molecule has 1 unspecified atom stereocenters. The van der Waals surface area contributed by atoms with E-state index in [1.54, 1.807) is 13.8 Å². The van der Waals surface area contributed by atoms with E-state index in [0.717, 1.165) is 0 Å². The zero-order chi connectivity index (χ0) is 8.65. The van der Waals surface area contributed by atoms with Crippen molar-refractivity contribution in [2.45, 2.75) is 25.9 Å². The first-order valence-electron chi connectivity index (χ1n) is 3.46. The molecule has 1 aliphatic carbocycles. The summed E-state index contributed by atoms with van der Waals surface area (Å²) in [4.78, 5) is 0. The van der Waals surface area contributed by atoms with E-state index in [1.165, 1.54) is 6.08 Å². The molecule has 0 saturated carbocycles. The van der Waals surface area contributed by atoms with Gasteiger partial charge >= 0.3 is 0 Å². The van der Waals surface area contributed by atoms with Crippen LogP contribution in [-0.4, -0.2) is 20.9 Å². The molecule has 0 aromatic heterocycles. The van der Waals surface area contributed by atoms with Gasteiger partial charge in [0.2, 0.25) is 0 Å². The lowest BCUT2D eigenvalue weighted by molar-refractivity contribution is 0.0779. The van der Waals surface area contributed by atoms with Gasteiger partial charge in [-0.1, -0.05) is 0 Å². The predicted molar refractivity (Wildman–Crippen MR) is 41.3 cm³/mol. The standard InChI is InChI=1S/C8H12O3/c1-5-7(10)3-6(9)4-8(5,2)11/h3,9-11H,4H2,1-2H3. The zero-order valence-corrected chi connectivity index (χ0v) is 6.63. The summed E-state index contributed by atoms with van der Waals surface area (Å²) in [7, 11) is 0. The van der Waals surface area contributed by atoms with Gasteiger partial charge in [-0.3, -0.25) is 0 Å². The highest BCUT2D eigenvalue weighted by atomic mass is 16.3. The molecule has 1 aliphatic rings. The van der Waals surface area contributed by atoms with Crippen molar-refractivity contribution in [3.8, 4) is 0 Å². The van der Waals surface area contributed by atoms with Crippen molar-refractivity contribution >= 4 is 0 Å². The zero-order valence-electron chi connectivity index (χ0n) is 6.63. The van der Waals surface area contributed by atoms with E-state index in [2.05, 4.69) is 0 Å². The van der Waals surface area contributed by atoms with Crippen LogP contribution in [0, 0.1) is 0 Å². The molecule has 0 aromatic carbocycles. The average Bonchev–Trinajstić information content (AvgIpc) is 1.81. The molecule has 0 aliphatic heterocycles. The summed E-state index contributed by atoms with van der Waals surface area (Å²) >= 11 is 0. The third kappa shape index (κ3) is 1.38. The van der Waals surface area contributed by atoms with E-state index >= 15 is 0 Å². The summed E-state index contributed by atoms with van der Waals surface area (Å²) in [6.45, 7) is 3.19. The normalized spacial score (nSPS) is 32.1. The lowest BCUT2D eigenvalue weighted by atomic mass is 9.88. The average molecular weight is 156 g/mol. The minimum atomic E-state index is -1.11. The fourth-order valence-electron chi connectivity index (χ4n) is 1.08. The van der Waals surface area contributed by atoms with E-state index in [9.17, 15) is 5.11 Å². The Morgan fingerprint density at radius 2 is 2.00 bits per heavy atom. The summed E-state index contributed by atoms with van der Waals surface area (Å²) in [5.74, 6) is -0.0307. The number of allylic oxidation sites excluding steroid dienone is 1. The van der Waals surface area contributed by atoms with Gasteiger partial charge in [-0.2, -0.15) is 0 Å². The Kier molecular flexibility index (Phi) is 1.68. The third-order valence-electron chi connectivity index (χ3n) is 2.02. The van der Waals surface area contributed by atoms with Crippen LogP contribution in [0.5, 0.6) is 0 Å². The molecule has 0 spiro atoms. The van der Waals surface area contributed by atoms with Crippen LogP contribution in [0.4, 0.5) is 0 Å².